The van der Waals surface area contributed by atoms with E-state index in [-0.39, 0.29) is 18.4 Å². The summed E-state index contributed by atoms with van der Waals surface area (Å²) in [6.07, 6.45) is -0.795. The van der Waals surface area contributed by atoms with Crippen molar-refractivity contribution < 1.29 is 28.5 Å². The van der Waals surface area contributed by atoms with Gasteiger partial charge in [0.2, 0.25) is 0 Å². The molecular weight excluding hydrogens is 468 g/mol. The number of benzene rings is 2. The second-order valence-electron chi connectivity index (χ2n) is 7.12. The Morgan fingerprint density at radius 1 is 1.06 bits per heavy atom. The van der Waals surface area contributed by atoms with E-state index >= 15 is 0 Å². The van der Waals surface area contributed by atoms with Crippen LogP contribution in [0.15, 0.2) is 40.9 Å². The minimum absolute atomic E-state index is 0.104. The van der Waals surface area contributed by atoms with Gasteiger partial charge in [-0.3, -0.25) is 9.59 Å². The van der Waals surface area contributed by atoms with Crippen molar-refractivity contribution in [1.82, 2.24) is 4.90 Å². The largest absolute Gasteiger partial charge is 0.495 e. The van der Waals surface area contributed by atoms with Crippen LogP contribution in [-0.2, 0) is 9.53 Å². The second-order valence-corrected chi connectivity index (χ2v) is 7.92. The molecule has 0 radical (unpaired) electrons. The number of methoxy groups -OCH3 is 2. The van der Waals surface area contributed by atoms with Gasteiger partial charge < -0.3 is 28.7 Å². The van der Waals surface area contributed by atoms with Crippen LogP contribution >= 0.6 is 15.9 Å². The lowest BCUT2D eigenvalue weighted by Gasteiger charge is -2.37. The predicted molar refractivity (Wildman–Crippen MR) is 117 cm³/mol. The third kappa shape index (κ3) is 4.20. The zero-order valence-electron chi connectivity index (χ0n) is 17.3. The fraction of sp³-hybridized carbons (Fsp3) is 0.364. The number of anilines is 1. The minimum Gasteiger partial charge on any atom is -0.495 e. The van der Waals surface area contributed by atoms with Gasteiger partial charge in [0.15, 0.2) is 6.10 Å². The first-order valence-corrected chi connectivity index (χ1v) is 10.7. The lowest BCUT2D eigenvalue weighted by molar-refractivity contribution is -0.142. The molecule has 0 aliphatic carbocycles. The molecule has 4 rings (SSSR count). The highest BCUT2D eigenvalue weighted by Gasteiger charge is 2.37. The number of morpholine rings is 1. The minimum atomic E-state index is -0.795. The average Bonchev–Trinajstić information content (AvgIpc) is 2.83. The second kappa shape index (κ2) is 9.15. The van der Waals surface area contributed by atoms with Crippen LogP contribution in [0.1, 0.15) is 10.4 Å². The molecule has 0 N–H and O–H groups in total. The van der Waals surface area contributed by atoms with Crippen LogP contribution in [0.2, 0.25) is 0 Å². The van der Waals surface area contributed by atoms with E-state index in [0.29, 0.717) is 59.3 Å². The van der Waals surface area contributed by atoms with Gasteiger partial charge in [-0.05, 0) is 40.2 Å². The smallest absolute Gasteiger partial charge is 0.265 e. The first kappa shape index (κ1) is 21.5. The molecule has 1 atom stereocenters. The maximum absolute atomic E-state index is 13.6. The van der Waals surface area contributed by atoms with Gasteiger partial charge in [0, 0.05) is 18.7 Å². The number of nitrogens with zero attached hydrogens (tertiary/aromatic N) is 2. The van der Waals surface area contributed by atoms with E-state index in [0.717, 1.165) is 0 Å². The van der Waals surface area contributed by atoms with Crippen molar-refractivity contribution in [1.29, 1.82) is 0 Å². The average molecular weight is 491 g/mol. The highest BCUT2D eigenvalue weighted by atomic mass is 79.9. The fourth-order valence-corrected chi connectivity index (χ4v) is 4.24. The van der Waals surface area contributed by atoms with Crippen molar-refractivity contribution in [3.8, 4) is 17.2 Å². The van der Waals surface area contributed by atoms with E-state index in [2.05, 4.69) is 15.9 Å². The molecule has 8 nitrogen and oxygen atoms in total. The molecule has 1 fully saturated rings. The summed E-state index contributed by atoms with van der Waals surface area (Å²) >= 11 is 3.42. The first-order valence-electron chi connectivity index (χ1n) is 9.89. The molecule has 2 heterocycles. The zero-order chi connectivity index (χ0) is 22.0. The molecule has 31 heavy (non-hydrogen) atoms. The molecule has 0 spiro atoms. The van der Waals surface area contributed by atoms with Crippen molar-refractivity contribution >= 4 is 33.4 Å². The molecule has 0 bridgehead atoms. The number of fused-ring (bicyclic) bond motifs is 1. The van der Waals surface area contributed by atoms with Crippen LogP contribution in [0.4, 0.5) is 5.69 Å². The summed E-state index contributed by atoms with van der Waals surface area (Å²) in [5.41, 5.74) is 0.991. The predicted octanol–water partition coefficient (Wildman–Crippen LogP) is 2.73. The summed E-state index contributed by atoms with van der Waals surface area (Å²) in [6.45, 7) is 2.11. The first-order chi connectivity index (χ1) is 15.0. The summed E-state index contributed by atoms with van der Waals surface area (Å²) in [6, 6.07) is 10.5. The Morgan fingerprint density at radius 2 is 1.71 bits per heavy atom. The van der Waals surface area contributed by atoms with Gasteiger partial charge in [-0.25, -0.2) is 0 Å². The van der Waals surface area contributed by atoms with Gasteiger partial charge in [0.1, 0.15) is 21.7 Å². The van der Waals surface area contributed by atoms with Crippen LogP contribution < -0.4 is 19.1 Å². The van der Waals surface area contributed by atoms with Crippen LogP contribution in [0.25, 0.3) is 0 Å². The van der Waals surface area contributed by atoms with Crippen molar-refractivity contribution in [3.63, 3.8) is 0 Å². The lowest BCUT2D eigenvalue weighted by atomic mass is 10.1. The molecule has 2 amide bonds. The molecule has 164 valence electrons. The molecule has 9 heteroatoms. The van der Waals surface area contributed by atoms with Gasteiger partial charge in [-0.1, -0.05) is 12.1 Å². The zero-order valence-corrected chi connectivity index (χ0v) is 18.9. The number of halogens is 1. The maximum atomic E-state index is 13.6. The standard InChI is InChI=1S/C22H23BrN2O6/c1-28-17-11-14(12-18(29-2)20(17)23)21(26)25-13-19(22(27)24-7-9-30-10-8-24)31-16-6-4-3-5-15(16)25/h3-6,11-12,19H,7-10,13H2,1-2H3. The monoisotopic (exact) mass is 490 g/mol. The van der Waals surface area contributed by atoms with E-state index in [1.807, 2.05) is 12.1 Å². The summed E-state index contributed by atoms with van der Waals surface area (Å²) in [4.78, 5) is 29.9. The van der Waals surface area contributed by atoms with Crippen LogP contribution in [0.5, 0.6) is 17.2 Å². The van der Waals surface area contributed by atoms with Gasteiger partial charge in [-0.2, -0.15) is 0 Å². The van der Waals surface area contributed by atoms with Crippen LogP contribution in [-0.4, -0.2) is 69.9 Å². The molecule has 0 saturated carbocycles. The van der Waals surface area contributed by atoms with Crippen molar-refractivity contribution in [2.45, 2.75) is 6.10 Å². The van der Waals surface area contributed by atoms with E-state index < -0.39 is 6.10 Å². The Morgan fingerprint density at radius 3 is 2.35 bits per heavy atom. The Labute approximate surface area is 188 Å². The summed E-state index contributed by atoms with van der Waals surface area (Å²) in [5, 5.41) is 0. The van der Waals surface area contributed by atoms with Crippen LogP contribution in [0.3, 0.4) is 0 Å². The van der Waals surface area contributed by atoms with Crippen molar-refractivity contribution in [3.05, 3.63) is 46.4 Å². The highest BCUT2D eigenvalue weighted by Crippen LogP contribution is 2.38. The van der Waals surface area contributed by atoms with E-state index in [1.165, 1.54) is 14.2 Å². The Bertz CT molecular complexity index is 967. The molecule has 0 aromatic heterocycles. The summed E-state index contributed by atoms with van der Waals surface area (Å²) in [5.74, 6) is 1.02. The molecule has 2 aromatic rings. The third-order valence-electron chi connectivity index (χ3n) is 5.31. The number of carbonyl (C=O) groups is 2. The summed E-state index contributed by atoms with van der Waals surface area (Å²) < 4.78 is 22.7. The Balaban J connectivity index is 1.68. The Hall–Kier alpha value is -2.78. The topological polar surface area (TPSA) is 77.5 Å². The number of carbonyl (C=O) groups excluding carboxylic acids is 2. The Kier molecular flexibility index (Phi) is 6.33. The lowest BCUT2D eigenvalue weighted by Crippen LogP contribution is -2.54. The van der Waals surface area contributed by atoms with Crippen molar-refractivity contribution in [2.75, 3.05) is 52.0 Å². The van der Waals surface area contributed by atoms with E-state index in [9.17, 15) is 9.59 Å². The van der Waals surface area contributed by atoms with Gasteiger partial charge in [0.05, 0.1) is 39.7 Å². The molecule has 1 saturated heterocycles. The molecule has 2 aliphatic rings. The quantitative estimate of drug-likeness (QED) is 0.655. The van der Waals surface area contributed by atoms with Gasteiger partial charge in [-0.15, -0.1) is 0 Å². The van der Waals surface area contributed by atoms with Gasteiger partial charge >= 0.3 is 0 Å². The number of hydrogen-bond acceptors (Lipinski definition) is 6. The molecule has 2 aliphatic heterocycles. The van der Waals surface area contributed by atoms with E-state index in [4.69, 9.17) is 18.9 Å². The van der Waals surface area contributed by atoms with Gasteiger partial charge in [0.25, 0.3) is 11.8 Å². The van der Waals surface area contributed by atoms with Crippen LogP contribution in [0, 0.1) is 0 Å². The number of amides is 2. The highest BCUT2D eigenvalue weighted by molar-refractivity contribution is 9.10. The van der Waals surface area contributed by atoms with Crippen molar-refractivity contribution in [2.24, 2.45) is 0 Å². The number of rotatable bonds is 4. The third-order valence-corrected chi connectivity index (χ3v) is 6.09. The normalized spacial score (nSPS) is 18.1. The fourth-order valence-electron chi connectivity index (χ4n) is 3.69. The number of hydrogen-bond donors (Lipinski definition) is 0. The number of para-hydroxylation sites is 2. The summed E-state index contributed by atoms with van der Waals surface area (Å²) in [7, 11) is 3.05. The SMILES string of the molecule is COc1cc(C(=O)N2CC(C(=O)N3CCOCC3)Oc3ccccc32)cc(OC)c1Br. The maximum Gasteiger partial charge on any atom is 0.265 e. The molecule has 2 aromatic carbocycles. The number of ether oxygens (including phenoxy) is 4. The molecule has 1 unspecified atom stereocenters. The molecular formula is C22H23BrN2O6. The van der Waals surface area contributed by atoms with E-state index in [1.54, 1.807) is 34.1 Å².